The molecule has 0 unspecified atom stereocenters. The highest BCUT2D eigenvalue weighted by molar-refractivity contribution is 5.49. The van der Waals surface area contributed by atoms with Gasteiger partial charge in [-0.25, -0.2) is 8.78 Å². The molecule has 6 heteroatoms. The van der Waals surface area contributed by atoms with Crippen LogP contribution in [0.5, 0.6) is 0 Å². The van der Waals surface area contributed by atoms with E-state index in [2.05, 4.69) is 0 Å². The normalized spacial score (nSPS) is 20.2. The van der Waals surface area contributed by atoms with Gasteiger partial charge in [-0.1, -0.05) is 11.6 Å². The Morgan fingerprint density at radius 3 is 2.50 bits per heavy atom. The van der Waals surface area contributed by atoms with Gasteiger partial charge in [0, 0.05) is 36.4 Å². The maximum Gasteiger partial charge on any atom is 0.273 e. The largest absolute Gasteiger partial charge is 0.330 e. The molecule has 0 aromatic heterocycles. The molecule has 1 aromatic rings. The summed E-state index contributed by atoms with van der Waals surface area (Å²) in [7, 11) is 0. The molecule has 2 N–H and O–H groups in total. The predicted octanol–water partition coefficient (Wildman–Crippen LogP) is 2.53. The third kappa shape index (κ3) is 1.96. The molecule has 0 bridgehead atoms. The average molecular weight is 256 g/mol. The van der Waals surface area contributed by atoms with Crippen molar-refractivity contribution in [1.82, 2.24) is 0 Å². The molecule has 18 heavy (non-hydrogen) atoms. The summed E-state index contributed by atoms with van der Waals surface area (Å²) < 4.78 is 26.2. The van der Waals surface area contributed by atoms with Crippen LogP contribution in [-0.4, -0.2) is 17.4 Å². The molecule has 0 radical (unpaired) electrons. The molecule has 0 amide bonds. The maximum absolute atomic E-state index is 13.1. The van der Waals surface area contributed by atoms with Crippen LogP contribution in [-0.2, 0) is 5.41 Å². The quantitative estimate of drug-likeness (QED) is 0.667. The van der Waals surface area contributed by atoms with Gasteiger partial charge in [-0.3, -0.25) is 10.1 Å². The predicted molar refractivity (Wildman–Crippen MR) is 62.7 cm³/mol. The van der Waals surface area contributed by atoms with Crippen molar-refractivity contribution in [2.45, 2.75) is 31.1 Å². The van der Waals surface area contributed by atoms with Crippen molar-refractivity contribution < 1.29 is 13.7 Å². The number of rotatable bonds is 3. The van der Waals surface area contributed by atoms with Crippen LogP contribution in [0.3, 0.4) is 0 Å². The van der Waals surface area contributed by atoms with Crippen LogP contribution in [0.25, 0.3) is 0 Å². The summed E-state index contributed by atoms with van der Waals surface area (Å²) in [5.74, 6) is -2.77. The zero-order chi connectivity index (χ0) is 13.6. The van der Waals surface area contributed by atoms with Gasteiger partial charge in [0.15, 0.2) is 0 Å². The molecule has 1 saturated carbocycles. The lowest BCUT2D eigenvalue weighted by atomic mass is 9.61. The lowest BCUT2D eigenvalue weighted by Gasteiger charge is -2.46. The Morgan fingerprint density at radius 1 is 1.44 bits per heavy atom. The molecule has 1 aliphatic rings. The molecule has 1 fully saturated rings. The molecule has 0 aliphatic heterocycles. The van der Waals surface area contributed by atoms with Crippen molar-refractivity contribution in [2.24, 2.45) is 5.73 Å². The number of nitrogens with two attached hydrogens (primary N) is 1. The smallest absolute Gasteiger partial charge is 0.273 e. The molecule has 1 aromatic carbocycles. The average Bonchev–Trinajstić information content (AvgIpc) is 2.24. The first kappa shape index (κ1) is 12.9. The monoisotopic (exact) mass is 256 g/mol. The molecule has 98 valence electrons. The van der Waals surface area contributed by atoms with Gasteiger partial charge in [-0.2, -0.15) is 0 Å². The Labute approximate surface area is 103 Å². The standard InChI is InChI=1S/C12H14F2N2O2/c1-8-2-3-10(16(17)18)9(4-8)11(7-15)5-12(13,14)6-11/h2-4H,5-7,15H2,1H3. The molecule has 2 rings (SSSR count). The van der Waals surface area contributed by atoms with Crippen LogP contribution in [0.15, 0.2) is 18.2 Å². The summed E-state index contributed by atoms with van der Waals surface area (Å²) in [5.41, 5.74) is 5.64. The number of hydrogen-bond acceptors (Lipinski definition) is 3. The van der Waals surface area contributed by atoms with Gasteiger partial charge in [-0.15, -0.1) is 0 Å². The number of nitro groups is 1. The number of benzene rings is 1. The number of nitro benzene ring substituents is 1. The van der Waals surface area contributed by atoms with Crippen LogP contribution in [0.2, 0.25) is 0 Å². The molecular weight excluding hydrogens is 242 g/mol. The third-order valence-electron chi connectivity index (χ3n) is 3.50. The number of halogens is 2. The van der Waals surface area contributed by atoms with E-state index in [-0.39, 0.29) is 12.2 Å². The topological polar surface area (TPSA) is 69.2 Å². The van der Waals surface area contributed by atoms with E-state index in [0.29, 0.717) is 5.56 Å². The molecule has 4 nitrogen and oxygen atoms in total. The van der Waals surface area contributed by atoms with E-state index in [1.807, 2.05) is 0 Å². The van der Waals surface area contributed by atoms with Crippen LogP contribution in [0, 0.1) is 17.0 Å². The number of aryl methyl sites for hydroxylation is 1. The lowest BCUT2D eigenvalue weighted by Crippen LogP contribution is -2.54. The fourth-order valence-electron chi connectivity index (χ4n) is 2.62. The third-order valence-corrected chi connectivity index (χ3v) is 3.50. The highest BCUT2D eigenvalue weighted by Gasteiger charge is 2.58. The molecule has 0 atom stereocenters. The zero-order valence-corrected chi connectivity index (χ0v) is 9.95. The van der Waals surface area contributed by atoms with E-state index in [1.54, 1.807) is 19.1 Å². The van der Waals surface area contributed by atoms with Gasteiger partial charge in [0.25, 0.3) is 5.69 Å². The second-order valence-corrected chi connectivity index (χ2v) is 4.97. The van der Waals surface area contributed by atoms with E-state index in [4.69, 9.17) is 5.73 Å². The first-order chi connectivity index (χ1) is 8.30. The lowest BCUT2D eigenvalue weighted by molar-refractivity contribution is -0.386. The maximum atomic E-state index is 13.1. The van der Waals surface area contributed by atoms with Crippen molar-refractivity contribution in [3.8, 4) is 0 Å². The van der Waals surface area contributed by atoms with Crippen molar-refractivity contribution in [2.75, 3.05) is 6.54 Å². The second kappa shape index (κ2) is 3.98. The Kier molecular flexibility index (Phi) is 2.85. The van der Waals surface area contributed by atoms with Crippen LogP contribution in [0.4, 0.5) is 14.5 Å². The molecule has 0 spiro atoms. The zero-order valence-electron chi connectivity index (χ0n) is 9.95. The van der Waals surface area contributed by atoms with Gasteiger partial charge in [0.1, 0.15) is 0 Å². The summed E-state index contributed by atoms with van der Waals surface area (Å²) in [6.45, 7) is 1.77. The first-order valence-electron chi connectivity index (χ1n) is 5.63. The van der Waals surface area contributed by atoms with Gasteiger partial charge in [0.05, 0.1) is 4.92 Å². The Hall–Kier alpha value is -1.56. The Morgan fingerprint density at radius 2 is 2.06 bits per heavy atom. The summed E-state index contributed by atoms with van der Waals surface area (Å²) in [5, 5.41) is 11.0. The first-order valence-corrected chi connectivity index (χ1v) is 5.63. The minimum absolute atomic E-state index is 0.00706. The minimum atomic E-state index is -2.77. The molecular formula is C12H14F2N2O2. The van der Waals surface area contributed by atoms with Gasteiger partial charge in [-0.05, 0) is 13.0 Å². The number of nitrogens with zero attached hydrogens (tertiary/aromatic N) is 1. The van der Waals surface area contributed by atoms with E-state index in [1.165, 1.54) is 6.07 Å². The Balaban J connectivity index is 2.49. The van der Waals surface area contributed by atoms with Gasteiger partial charge < -0.3 is 5.73 Å². The summed E-state index contributed by atoms with van der Waals surface area (Å²) in [6, 6.07) is 4.56. The molecule has 0 heterocycles. The fraction of sp³-hybridized carbons (Fsp3) is 0.500. The number of hydrogen-bond donors (Lipinski definition) is 1. The van der Waals surface area contributed by atoms with Crippen LogP contribution < -0.4 is 5.73 Å². The van der Waals surface area contributed by atoms with E-state index >= 15 is 0 Å². The van der Waals surface area contributed by atoms with Gasteiger partial charge >= 0.3 is 0 Å². The molecule has 0 saturated heterocycles. The van der Waals surface area contributed by atoms with Crippen molar-refractivity contribution in [3.05, 3.63) is 39.4 Å². The van der Waals surface area contributed by atoms with Crippen molar-refractivity contribution in [3.63, 3.8) is 0 Å². The van der Waals surface area contributed by atoms with Gasteiger partial charge in [0.2, 0.25) is 5.92 Å². The second-order valence-electron chi connectivity index (χ2n) is 4.97. The van der Waals surface area contributed by atoms with E-state index in [0.717, 1.165) is 5.56 Å². The Bertz CT molecular complexity index is 495. The van der Waals surface area contributed by atoms with Crippen molar-refractivity contribution in [1.29, 1.82) is 0 Å². The summed E-state index contributed by atoms with van der Waals surface area (Å²) >= 11 is 0. The highest BCUT2D eigenvalue weighted by atomic mass is 19.3. The van der Waals surface area contributed by atoms with Crippen LogP contribution >= 0.6 is 0 Å². The molecule has 1 aliphatic carbocycles. The summed E-state index contributed by atoms with van der Waals surface area (Å²) in [4.78, 5) is 10.4. The van der Waals surface area contributed by atoms with Crippen molar-refractivity contribution >= 4 is 5.69 Å². The van der Waals surface area contributed by atoms with Crippen LogP contribution in [0.1, 0.15) is 24.0 Å². The van der Waals surface area contributed by atoms with E-state index < -0.39 is 29.1 Å². The minimum Gasteiger partial charge on any atom is -0.330 e. The SMILES string of the molecule is Cc1ccc([N+](=O)[O-])c(C2(CN)CC(F)(F)C2)c1. The fourth-order valence-corrected chi connectivity index (χ4v) is 2.62. The number of alkyl halides is 2. The highest BCUT2D eigenvalue weighted by Crippen LogP contribution is 2.54. The summed E-state index contributed by atoms with van der Waals surface area (Å²) in [6.07, 6.45) is -0.832. The van der Waals surface area contributed by atoms with E-state index in [9.17, 15) is 18.9 Å².